The van der Waals surface area contributed by atoms with Gasteiger partial charge in [-0.25, -0.2) is 9.78 Å². The van der Waals surface area contributed by atoms with Crippen LogP contribution in [0.2, 0.25) is 0 Å². The smallest absolute Gasteiger partial charge is 0.328 e. The van der Waals surface area contributed by atoms with Crippen LogP contribution in [0.25, 0.3) is 11.0 Å². The van der Waals surface area contributed by atoms with Gasteiger partial charge in [0.25, 0.3) is 5.91 Å². The summed E-state index contributed by atoms with van der Waals surface area (Å²) in [5.41, 5.74) is 4.03. The Bertz CT molecular complexity index is 1010. The predicted octanol–water partition coefficient (Wildman–Crippen LogP) is 3.25. The third kappa shape index (κ3) is 4.54. The van der Waals surface area contributed by atoms with Crippen molar-refractivity contribution in [3.8, 4) is 0 Å². The van der Waals surface area contributed by atoms with E-state index in [4.69, 9.17) is 4.74 Å². The number of carbonyl (C=O) groups is 2. The van der Waals surface area contributed by atoms with Gasteiger partial charge >= 0.3 is 5.97 Å². The van der Waals surface area contributed by atoms with Crippen molar-refractivity contribution in [3.63, 3.8) is 0 Å². The first-order chi connectivity index (χ1) is 13.0. The second kappa shape index (κ2) is 9.29. The number of halogens is 2. The van der Waals surface area contributed by atoms with Crippen LogP contribution >= 0.6 is 24.8 Å². The van der Waals surface area contributed by atoms with E-state index < -0.39 is 17.9 Å². The van der Waals surface area contributed by atoms with E-state index in [1.54, 1.807) is 18.5 Å². The Morgan fingerprint density at radius 3 is 2.28 bits per heavy atom. The minimum absolute atomic E-state index is 0. The Labute approximate surface area is 181 Å². The molecule has 1 aliphatic carbocycles. The highest BCUT2D eigenvalue weighted by Crippen LogP contribution is 2.24. The number of nitrogens with one attached hydrogen (secondary N) is 1. The van der Waals surface area contributed by atoms with Crippen molar-refractivity contribution in [2.75, 3.05) is 0 Å². The molecule has 0 saturated heterocycles. The SMILES string of the molecule is CC(NC(=O)c1nc2ccccc2n1C)C(=O)OC1Cc2ccccc2C1.Cl.Cl. The molecule has 0 bridgehead atoms. The highest BCUT2D eigenvalue weighted by molar-refractivity contribution is 5.97. The molecular formula is C21H23Cl2N3O3. The Kier molecular flexibility index (Phi) is 7.27. The number of carbonyl (C=O) groups excluding carboxylic acids is 2. The van der Waals surface area contributed by atoms with E-state index in [9.17, 15) is 9.59 Å². The molecule has 0 saturated carbocycles. The first kappa shape index (κ1) is 22.7. The molecule has 2 aromatic carbocycles. The zero-order chi connectivity index (χ0) is 19.0. The largest absolute Gasteiger partial charge is 0.460 e. The van der Waals surface area contributed by atoms with E-state index in [1.807, 2.05) is 36.4 Å². The fourth-order valence-electron chi connectivity index (χ4n) is 3.54. The lowest BCUT2D eigenvalue weighted by Gasteiger charge is -2.17. The third-order valence-electron chi connectivity index (χ3n) is 4.99. The average Bonchev–Trinajstić information content (AvgIpc) is 3.22. The number of imidazole rings is 1. The van der Waals surface area contributed by atoms with Gasteiger partial charge in [0.05, 0.1) is 11.0 Å². The zero-order valence-electron chi connectivity index (χ0n) is 16.1. The van der Waals surface area contributed by atoms with Crippen molar-refractivity contribution in [1.29, 1.82) is 0 Å². The Balaban J connectivity index is 0.00000150. The molecule has 8 heteroatoms. The lowest BCUT2D eigenvalue weighted by atomic mass is 10.1. The number of hydrogen-bond donors (Lipinski definition) is 1. The number of fused-ring (bicyclic) bond motifs is 2. The summed E-state index contributed by atoms with van der Waals surface area (Å²) in [5, 5.41) is 2.70. The molecule has 0 aliphatic heterocycles. The van der Waals surface area contributed by atoms with Gasteiger partial charge in [0.1, 0.15) is 12.1 Å². The maximum atomic E-state index is 12.6. The second-order valence-electron chi connectivity index (χ2n) is 6.91. The lowest BCUT2D eigenvalue weighted by Crippen LogP contribution is -2.41. The van der Waals surface area contributed by atoms with Gasteiger partial charge in [-0.2, -0.15) is 0 Å². The van der Waals surface area contributed by atoms with E-state index >= 15 is 0 Å². The van der Waals surface area contributed by atoms with Crippen LogP contribution in [0.15, 0.2) is 48.5 Å². The number of nitrogens with zero attached hydrogens (tertiary/aromatic N) is 2. The van der Waals surface area contributed by atoms with Crippen molar-refractivity contribution in [2.24, 2.45) is 7.05 Å². The summed E-state index contributed by atoms with van der Waals surface area (Å²) in [5.74, 6) is -0.558. The van der Waals surface area contributed by atoms with E-state index in [1.165, 1.54) is 11.1 Å². The average molecular weight is 436 g/mol. The van der Waals surface area contributed by atoms with Gasteiger partial charge in [-0.05, 0) is 30.2 Å². The molecule has 1 heterocycles. The molecule has 1 unspecified atom stereocenters. The molecule has 1 atom stereocenters. The third-order valence-corrected chi connectivity index (χ3v) is 4.99. The van der Waals surface area contributed by atoms with Crippen LogP contribution in [0.4, 0.5) is 0 Å². The first-order valence-electron chi connectivity index (χ1n) is 9.02. The molecule has 1 aromatic heterocycles. The molecule has 154 valence electrons. The topological polar surface area (TPSA) is 73.2 Å². The molecule has 1 N–H and O–H groups in total. The van der Waals surface area contributed by atoms with Crippen molar-refractivity contribution in [2.45, 2.75) is 31.9 Å². The quantitative estimate of drug-likeness (QED) is 0.638. The molecule has 4 rings (SSSR count). The number of aryl methyl sites for hydroxylation is 1. The van der Waals surface area contributed by atoms with Crippen molar-refractivity contribution in [1.82, 2.24) is 14.9 Å². The van der Waals surface area contributed by atoms with Gasteiger partial charge in [-0.15, -0.1) is 24.8 Å². The number of para-hydroxylation sites is 2. The number of esters is 1. The summed E-state index contributed by atoms with van der Waals surface area (Å²) in [6, 6.07) is 14.9. The summed E-state index contributed by atoms with van der Waals surface area (Å²) in [6.45, 7) is 1.63. The molecule has 1 amide bonds. The summed E-state index contributed by atoms with van der Waals surface area (Å²) >= 11 is 0. The van der Waals surface area contributed by atoms with Gasteiger partial charge in [-0.1, -0.05) is 36.4 Å². The molecule has 1 aliphatic rings. The van der Waals surface area contributed by atoms with Gasteiger partial charge in [0.2, 0.25) is 0 Å². The minimum atomic E-state index is -0.749. The van der Waals surface area contributed by atoms with E-state index in [0.717, 1.165) is 11.0 Å². The normalized spacial score (nSPS) is 13.7. The van der Waals surface area contributed by atoms with Crippen LogP contribution in [0, 0.1) is 0 Å². The first-order valence-corrected chi connectivity index (χ1v) is 9.02. The molecule has 3 aromatic rings. The fraction of sp³-hybridized carbons (Fsp3) is 0.286. The summed E-state index contributed by atoms with van der Waals surface area (Å²) in [6.07, 6.45) is 1.26. The summed E-state index contributed by atoms with van der Waals surface area (Å²) in [4.78, 5) is 29.3. The standard InChI is InChI=1S/C21H21N3O3.2ClH/c1-13(21(26)27-16-11-14-7-3-4-8-15(14)12-16)22-20(25)19-23-17-9-5-6-10-18(17)24(19)2;;/h3-10,13,16H,11-12H2,1-2H3,(H,22,25);2*1H. The molecule has 0 fully saturated rings. The van der Waals surface area contributed by atoms with Crippen LogP contribution in [0.1, 0.15) is 28.7 Å². The number of aromatic nitrogens is 2. The Morgan fingerprint density at radius 1 is 1.07 bits per heavy atom. The minimum Gasteiger partial charge on any atom is -0.460 e. The summed E-state index contributed by atoms with van der Waals surface area (Å²) in [7, 11) is 1.78. The maximum Gasteiger partial charge on any atom is 0.328 e. The lowest BCUT2D eigenvalue weighted by molar-refractivity contribution is -0.150. The Morgan fingerprint density at radius 2 is 1.66 bits per heavy atom. The molecular weight excluding hydrogens is 413 g/mol. The van der Waals surface area contributed by atoms with Crippen LogP contribution in [-0.2, 0) is 29.4 Å². The number of amides is 1. The van der Waals surface area contributed by atoms with Gasteiger partial charge in [-0.3, -0.25) is 4.79 Å². The number of rotatable bonds is 4. The van der Waals surface area contributed by atoms with Crippen molar-refractivity contribution < 1.29 is 14.3 Å². The van der Waals surface area contributed by atoms with Crippen LogP contribution < -0.4 is 5.32 Å². The Hall–Kier alpha value is -2.57. The molecule has 6 nitrogen and oxygen atoms in total. The van der Waals surface area contributed by atoms with Crippen LogP contribution in [-0.4, -0.2) is 33.6 Å². The van der Waals surface area contributed by atoms with Crippen molar-refractivity contribution >= 4 is 47.7 Å². The van der Waals surface area contributed by atoms with Crippen molar-refractivity contribution in [3.05, 3.63) is 65.5 Å². The predicted molar refractivity (Wildman–Crippen MR) is 116 cm³/mol. The van der Waals surface area contributed by atoms with Gasteiger partial charge < -0.3 is 14.6 Å². The molecule has 0 spiro atoms. The highest BCUT2D eigenvalue weighted by Gasteiger charge is 2.28. The fourth-order valence-corrected chi connectivity index (χ4v) is 3.54. The molecule has 29 heavy (non-hydrogen) atoms. The monoisotopic (exact) mass is 435 g/mol. The number of hydrogen-bond acceptors (Lipinski definition) is 4. The number of benzene rings is 2. The number of ether oxygens (including phenoxy) is 1. The van der Waals surface area contributed by atoms with E-state index in [0.29, 0.717) is 12.8 Å². The van der Waals surface area contributed by atoms with Gasteiger partial charge in [0.15, 0.2) is 5.82 Å². The van der Waals surface area contributed by atoms with E-state index in [2.05, 4.69) is 22.4 Å². The van der Waals surface area contributed by atoms with Crippen LogP contribution in [0.5, 0.6) is 0 Å². The zero-order valence-corrected chi connectivity index (χ0v) is 17.8. The van der Waals surface area contributed by atoms with Crippen LogP contribution in [0.3, 0.4) is 0 Å². The highest BCUT2D eigenvalue weighted by atomic mass is 35.5. The second-order valence-corrected chi connectivity index (χ2v) is 6.91. The summed E-state index contributed by atoms with van der Waals surface area (Å²) < 4.78 is 7.32. The van der Waals surface area contributed by atoms with Gasteiger partial charge in [0, 0.05) is 19.9 Å². The maximum absolute atomic E-state index is 12.6. The molecule has 0 radical (unpaired) electrons. The van der Waals surface area contributed by atoms with E-state index in [-0.39, 0.29) is 36.7 Å².